The number of allylic oxidation sites excluding steroid dienone is 2. The number of dihydropyridines is 1. The third kappa shape index (κ3) is 3.83. The molecule has 28 heavy (non-hydrogen) atoms. The number of nitrogens with zero attached hydrogens (tertiary/aromatic N) is 1. The molecule has 1 aliphatic heterocycles. The molecule has 1 aromatic carbocycles. The topological polar surface area (TPSA) is 88.4 Å². The number of fused-ring (bicyclic) bond motifs is 1. The number of ether oxygens (including phenoxy) is 1. The predicted octanol–water partition coefficient (Wildman–Crippen LogP) is 3.31. The van der Waals surface area contributed by atoms with Crippen LogP contribution in [0.5, 0.6) is 5.75 Å². The molecule has 1 unspecified atom stereocenters. The molecule has 2 heterocycles. The number of likely N-dealkylation sites (N-methyl/N-ethyl adjacent to an activating group) is 1. The second kappa shape index (κ2) is 7.96. The monoisotopic (exact) mass is 382 g/mol. The highest BCUT2D eigenvalue weighted by atomic mass is 16.5. The summed E-state index contributed by atoms with van der Waals surface area (Å²) in [5.74, 6) is 0.909. The second-order valence-electron chi connectivity index (χ2n) is 7.31. The highest BCUT2D eigenvalue weighted by Crippen LogP contribution is 2.28. The molecule has 3 N–H and O–H groups in total. The zero-order valence-corrected chi connectivity index (χ0v) is 16.0. The van der Waals surface area contributed by atoms with E-state index in [1.54, 1.807) is 43.6 Å². The fraction of sp³-hybridized carbons (Fsp3) is 0.429. The molecule has 7 heteroatoms. The van der Waals surface area contributed by atoms with Gasteiger partial charge in [-0.25, -0.2) is 0 Å². The molecular formula is C21H26N4O3. The molecule has 2 aromatic rings. The Morgan fingerprint density at radius 3 is 2.93 bits per heavy atom. The Bertz CT molecular complexity index is 898. The summed E-state index contributed by atoms with van der Waals surface area (Å²) in [7, 11) is 1.57. The zero-order valence-electron chi connectivity index (χ0n) is 16.0. The lowest BCUT2D eigenvalue weighted by Crippen LogP contribution is -2.58. The van der Waals surface area contributed by atoms with Gasteiger partial charge in [0.1, 0.15) is 11.3 Å². The quantitative estimate of drug-likeness (QED) is 0.710. The van der Waals surface area contributed by atoms with Crippen molar-refractivity contribution in [1.29, 1.82) is 0 Å². The van der Waals surface area contributed by atoms with Gasteiger partial charge in [0, 0.05) is 25.9 Å². The molecule has 0 saturated heterocycles. The highest BCUT2D eigenvalue weighted by molar-refractivity contribution is 5.88. The first-order chi connectivity index (χ1) is 13.7. The van der Waals surface area contributed by atoms with Crippen molar-refractivity contribution in [2.45, 2.75) is 37.8 Å². The van der Waals surface area contributed by atoms with E-state index in [9.17, 15) is 4.79 Å². The van der Waals surface area contributed by atoms with Crippen LogP contribution in [0.3, 0.4) is 0 Å². The minimum Gasteiger partial charge on any atom is -0.455 e. The Morgan fingerprint density at radius 1 is 1.32 bits per heavy atom. The number of hydrogen-bond donors (Lipinski definition) is 3. The molecule has 1 saturated carbocycles. The number of aromatic nitrogens is 1. The van der Waals surface area contributed by atoms with Crippen LogP contribution in [0.1, 0.15) is 32.1 Å². The Balaban J connectivity index is 1.48. The SMILES string of the molecule is CNC(=O)C1(Oc2ccc3nc(NCC4CCCCC4)oc3c2)C=CC=CN1. The van der Waals surface area contributed by atoms with Crippen molar-refractivity contribution in [3.63, 3.8) is 0 Å². The highest BCUT2D eigenvalue weighted by Gasteiger charge is 2.38. The summed E-state index contributed by atoms with van der Waals surface area (Å²) in [6.07, 6.45) is 13.4. The third-order valence-electron chi connectivity index (χ3n) is 5.31. The molecule has 4 rings (SSSR count). The van der Waals surface area contributed by atoms with Crippen LogP contribution in [-0.4, -0.2) is 30.2 Å². The van der Waals surface area contributed by atoms with E-state index in [-0.39, 0.29) is 5.91 Å². The van der Waals surface area contributed by atoms with Gasteiger partial charge in [-0.15, -0.1) is 0 Å². The summed E-state index contributed by atoms with van der Waals surface area (Å²) in [6.45, 7) is 0.886. The van der Waals surface area contributed by atoms with Crippen LogP contribution in [0.25, 0.3) is 11.1 Å². The first-order valence-corrected chi connectivity index (χ1v) is 9.86. The van der Waals surface area contributed by atoms with Crippen molar-refractivity contribution < 1.29 is 13.9 Å². The number of anilines is 1. The zero-order chi connectivity index (χ0) is 19.4. The van der Waals surface area contributed by atoms with Crippen LogP contribution >= 0.6 is 0 Å². The van der Waals surface area contributed by atoms with Crippen LogP contribution in [0.15, 0.2) is 47.0 Å². The molecule has 2 aliphatic rings. The molecule has 1 fully saturated rings. The number of amides is 1. The van der Waals surface area contributed by atoms with Gasteiger partial charge in [-0.05, 0) is 43.0 Å². The van der Waals surface area contributed by atoms with E-state index in [4.69, 9.17) is 9.15 Å². The average Bonchev–Trinajstić information content (AvgIpc) is 3.15. The average molecular weight is 382 g/mol. The number of nitrogens with one attached hydrogen (secondary N) is 3. The maximum atomic E-state index is 12.4. The van der Waals surface area contributed by atoms with Gasteiger partial charge in [0.15, 0.2) is 5.58 Å². The van der Waals surface area contributed by atoms with Gasteiger partial charge in [0.25, 0.3) is 17.6 Å². The van der Waals surface area contributed by atoms with Crippen LogP contribution in [0, 0.1) is 5.92 Å². The number of hydrogen-bond acceptors (Lipinski definition) is 6. The van der Waals surface area contributed by atoms with E-state index in [0.29, 0.717) is 23.3 Å². The van der Waals surface area contributed by atoms with Gasteiger partial charge in [-0.1, -0.05) is 25.3 Å². The predicted molar refractivity (Wildman–Crippen MR) is 108 cm³/mol. The Kier molecular flexibility index (Phi) is 5.23. The lowest BCUT2D eigenvalue weighted by atomic mass is 9.89. The van der Waals surface area contributed by atoms with Crippen molar-refractivity contribution in [2.75, 3.05) is 18.9 Å². The fourth-order valence-corrected chi connectivity index (χ4v) is 3.76. The third-order valence-corrected chi connectivity index (χ3v) is 5.31. The smallest absolute Gasteiger partial charge is 0.295 e. The van der Waals surface area contributed by atoms with Crippen LogP contribution in [-0.2, 0) is 4.79 Å². The summed E-state index contributed by atoms with van der Waals surface area (Å²) in [5, 5.41) is 8.93. The maximum absolute atomic E-state index is 12.4. The maximum Gasteiger partial charge on any atom is 0.295 e. The minimum atomic E-state index is -1.29. The minimum absolute atomic E-state index is 0.291. The molecule has 1 atom stereocenters. The summed E-state index contributed by atoms with van der Waals surface area (Å²) < 4.78 is 11.9. The van der Waals surface area contributed by atoms with E-state index < -0.39 is 5.72 Å². The Hall–Kier alpha value is -2.96. The van der Waals surface area contributed by atoms with Gasteiger partial charge in [0.05, 0.1) is 0 Å². The number of oxazole rings is 1. The Morgan fingerprint density at radius 2 is 2.18 bits per heavy atom. The number of carbonyl (C=O) groups excluding carboxylic acids is 1. The largest absolute Gasteiger partial charge is 0.455 e. The van der Waals surface area contributed by atoms with Gasteiger partial charge in [0.2, 0.25) is 0 Å². The molecule has 0 spiro atoms. The lowest BCUT2D eigenvalue weighted by molar-refractivity contribution is -0.134. The first-order valence-electron chi connectivity index (χ1n) is 9.86. The fourth-order valence-electron chi connectivity index (χ4n) is 3.76. The van der Waals surface area contributed by atoms with Gasteiger partial charge in [-0.2, -0.15) is 4.98 Å². The van der Waals surface area contributed by atoms with Crippen LogP contribution < -0.4 is 20.7 Å². The number of rotatable bonds is 6. The summed E-state index contributed by atoms with van der Waals surface area (Å²) in [6, 6.07) is 5.90. The van der Waals surface area contributed by atoms with Gasteiger partial charge < -0.3 is 25.1 Å². The van der Waals surface area contributed by atoms with Gasteiger partial charge in [-0.3, -0.25) is 4.79 Å². The number of carbonyl (C=O) groups is 1. The molecule has 1 aromatic heterocycles. The van der Waals surface area contributed by atoms with E-state index >= 15 is 0 Å². The normalized spacial score (nSPS) is 22.0. The molecular weight excluding hydrogens is 356 g/mol. The molecule has 0 bridgehead atoms. The van der Waals surface area contributed by atoms with E-state index in [2.05, 4.69) is 20.9 Å². The van der Waals surface area contributed by atoms with Crippen molar-refractivity contribution in [3.8, 4) is 5.75 Å². The molecule has 0 radical (unpaired) electrons. The standard InChI is InChI=1S/C21H26N4O3/c1-22-19(26)21(11-5-6-12-24-21)28-16-9-10-17-18(13-16)27-20(25-17)23-14-15-7-3-2-4-8-15/h5-6,9-13,15,24H,2-4,7-8,14H2,1H3,(H,22,26)(H,23,25). The van der Waals surface area contributed by atoms with Crippen LogP contribution in [0.4, 0.5) is 6.01 Å². The van der Waals surface area contributed by atoms with Crippen LogP contribution in [0.2, 0.25) is 0 Å². The van der Waals surface area contributed by atoms with E-state index in [0.717, 1.165) is 12.1 Å². The second-order valence-corrected chi connectivity index (χ2v) is 7.31. The Labute approximate surface area is 164 Å². The molecule has 1 amide bonds. The van der Waals surface area contributed by atoms with E-state index in [1.165, 1.54) is 32.1 Å². The van der Waals surface area contributed by atoms with Crippen molar-refractivity contribution in [3.05, 3.63) is 42.6 Å². The lowest BCUT2D eigenvalue weighted by Gasteiger charge is -2.31. The first kappa shape index (κ1) is 18.4. The van der Waals surface area contributed by atoms with Gasteiger partial charge >= 0.3 is 0 Å². The van der Waals surface area contributed by atoms with Crippen molar-refractivity contribution in [1.82, 2.24) is 15.6 Å². The summed E-state index contributed by atoms with van der Waals surface area (Å²) in [4.78, 5) is 16.9. The van der Waals surface area contributed by atoms with Crippen molar-refractivity contribution in [2.24, 2.45) is 5.92 Å². The molecule has 1 aliphatic carbocycles. The van der Waals surface area contributed by atoms with E-state index in [1.807, 2.05) is 6.07 Å². The summed E-state index contributed by atoms with van der Waals surface area (Å²) in [5.41, 5.74) is 0.0739. The van der Waals surface area contributed by atoms with Crippen molar-refractivity contribution >= 4 is 23.0 Å². The summed E-state index contributed by atoms with van der Waals surface area (Å²) >= 11 is 0. The molecule has 148 valence electrons. The molecule has 7 nitrogen and oxygen atoms in total. The number of benzene rings is 1.